The van der Waals surface area contributed by atoms with E-state index in [0.717, 1.165) is 15.6 Å². The van der Waals surface area contributed by atoms with E-state index in [2.05, 4.69) is 15.9 Å². The van der Waals surface area contributed by atoms with E-state index in [1.165, 1.54) is 12.1 Å². The molecule has 0 saturated heterocycles. The van der Waals surface area contributed by atoms with E-state index in [1.54, 1.807) is 32.4 Å². The van der Waals surface area contributed by atoms with Crippen LogP contribution in [0.5, 0.6) is 11.5 Å². The number of hydrogen-bond acceptors (Lipinski definition) is 5. The average Bonchev–Trinajstić information content (AvgIpc) is 2.59. The van der Waals surface area contributed by atoms with Gasteiger partial charge in [-0.25, -0.2) is 0 Å². The smallest absolute Gasteiger partial charge is 0.269 e. The second kappa shape index (κ2) is 8.47. The molecule has 126 valence electrons. The molecule has 0 atom stereocenters. The van der Waals surface area contributed by atoms with Crippen LogP contribution in [0.4, 0.5) is 5.69 Å². The lowest BCUT2D eigenvalue weighted by molar-refractivity contribution is -0.384. The van der Waals surface area contributed by atoms with Crippen LogP contribution in [0.25, 0.3) is 12.2 Å². The number of halogens is 1. The topological polar surface area (TPSA) is 70.8 Å². The molecular formula is C17H16BrNO5. The number of nitro benzene ring substituents is 1. The van der Waals surface area contributed by atoms with Crippen LogP contribution in [-0.2, 0) is 4.74 Å². The van der Waals surface area contributed by atoms with Crippen LogP contribution in [0.1, 0.15) is 11.1 Å². The second-order valence-corrected chi connectivity index (χ2v) is 5.61. The molecule has 0 aliphatic heterocycles. The molecule has 0 amide bonds. The van der Waals surface area contributed by atoms with Gasteiger partial charge in [0.15, 0.2) is 6.79 Å². The molecule has 0 aliphatic rings. The zero-order chi connectivity index (χ0) is 17.5. The molecule has 0 N–H and O–H groups in total. The summed E-state index contributed by atoms with van der Waals surface area (Å²) in [4.78, 5) is 10.3. The molecule has 0 saturated carbocycles. The Balaban J connectivity index is 2.29. The molecule has 7 heteroatoms. The standard InChI is InChI=1S/C17H16BrNO5/c1-22-11-24-16-10-17(23-2)15(18)9-13(16)6-3-12-4-7-14(8-5-12)19(20)21/h3-10H,11H2,1-2H3. The van der Waals surface area contributed by atoms with E-state index in [4.69, 9.17) is 14.2 Å². The number of methoxy groups -OCH3 is 2. The van der Waals surface area contributed by atoms with Crippen molar-refractivity contribution in [1.82, 2.24) is 0 Å². The fourth-order valence-electron chi connectivity index (χ4n) is 1.98. The Morgan fingerprint density at radius 1 is 1.12 bits per heavy atom. The van der Waals surface area contributed by atoms with Crippen molar-refractivity contribution in [2.75, 3.05) is 21.0 Å². The molecule has 2 aromatic carbocycles. The fraction of sp³-hybridized carbons (Fsp3) is 0.176. The number of benzene rings is 2. The van der Waals surface area contributed by atoms with Gasteiger partial charge in [-0.05, 0) is 39.7 Å². The van der Waals surface area contributed by atoms with Gasteiger partial charge in [0.25, 0.3) is 5.69 Å². The molecule has 24 heavy (non-hydrogen) atoms. The zero-order valence-corrected chi connectivity index (χ0v) is 14.8. The summed E-state index contributed by atoms with van der Waals surface area (Å²) in [5, 5.41) is 10.7. The molecule has 0 radical (unpaired) electrons. The van der Waals surface area contributed by atoms with Crippen LogP contribution in [0.2, 0.25) is 0 Å². The molecule has 6 nitrogen and oxygen atoms in total. The summed E-state index contributed by atoms with van der Waals surface area (Å²) >= 11 is 3.44. The minimum absolute atomic E-state index is 0.0588. The summed E-state index contributed by atoms with van der Waals surface area (Å²) in [6, 6.07) is 9.92. The number of ether oxygens (including phenoxy) is 3. The van der Waals surface area contributed by atoms with Gasteiger partial charge >= 0.3 is 0 Å². The van der Waals surface area contributed by atoms with Crippen molar-refractivity contribution in [2.45, 2.75) is 0 Å². The Bertz CT molecular complexity index is 743. The van der Waals surface area contributed by atoms with Crippen molar-refractivity contribution in [2.24, 2.45) is 0 Å². The lowest BCUT2D eigenvalue weighted by Gasteiger charge is -2.12. The van der Waals surface area contributed by atoms with Gasteiger partial charge in [0.05, 0.1) is 16.5 Å². The van der Waals surface area contributed by atoms with Gasteiger partial charge in [-0.2, -0.15) is 0 Å². The van der Waals surface area contributed by atoms with Crippen molar-refractivity contribution in [3.05, 3.63) is 62.1 Å². The summed E-state index contributed by atoms with van der Waals surface area (Å²) in [7, 11) is 3.12. The number of nitrogens with zero attached hydrogens (tertiary/aromatic N) is 1. The number of non-ortho nitro benzene ring substituents is 1. The highest BCUT2D eigenvalue weighted by Gasteiger charge is 2.09. The first-order valence-electron chi connectivity index (χ1n) is 6.97. The Kier molecular flexibility index (Phi) is 6.34. The minimum atomic E-state index is -0.426. The fourth-order valence-corrected chi connectivity index (χ4v) is 2.50. The molecule has 0 heterocycles. The Labute approximate surface area is 147 Å². The van der Waals surface area contributed by atoms with Gasteiger partial charge < -0.3 is 14.2 Å². The van der Waals surface area contributed by atoms with E-state index in [-0.39, 0.29) is 12.5 Å². The largest absolute Gasteiger partial charge is 0.495 e. The average molecular weight is 394 g/mol. The van der Waals surface area contributed by atoms with Gasteiger partial charge in [0.1, 0.15) is 11.5 Å². The van der Waals surface area contributed by atoms with Crippen LogP contribution in [0.3, 0.4) is 0 Å². The molecule has 0 unspecified atom stereocenters. The van der Waals surface area contributed by atoms with E-state index < -0.39 is 4.92 Å². The van der Waals surface area contributed by atoms with Crippen LogP contribution in [-0.4, -0.2) is 25.9 Å². The van der Waals surface area contributed by atoms with Gasteiger partial charge in [0.2, 0.25) is 0 Å². The Morgan fingerprint density at radius 2 is 1.83 bits per heavy atom. The summed E-state index contributed by atoms with van der Waals surface area (Å²) in [5.41, 5.74) is 1.71. The van der Waals surface area contributed by atoms with E-state index >= 15 is 0 Å². The van der Waals surface area contributed by atoms with Crippen molar-refractivity contribution < 1.29 is 19.1 Å². The van der Waals surface area contributed by atoms with Crippen LogP contribution >= 0.6 is 15.9 Å². The SMILES string of the molecule is COCOc1cc(OC)c(Br)cc1C=Cc1ccc([N+](=O)[O-])cc1. The Hall–Kier alpha value is -2.38. The lowest BCUT2D eigenvalue weighted by atomic mass is 10.1. The molecule has 0 fully saturated rings. The highest BCUT2D eigenvalue weighted by Crippen LogP contribution is 2.34. The molecule has 0 spiro atoms. The maximum absolute atomic E-state index is 10.7. The number of hydrogen-bond donors (Lipinski definition) is 0. The third-order valence-electron chi connectivity index (χ3n) is 3.18. The van der Waals surface area contributed by atoms with E-state index in [1.807, 2.05) is 18.2 Å². The zero-order valence-electron chi connectivity index (χ0n) is 13.2. The summed E-state index contributed by atoms with van der Waals surface area (Å²) in [5.74, 6) is 1.25. The summed E-state index contributed by atoms with van der Waals surface area (Å²) < 4.78 is 16.6. The van der Waals surface area contributed by atoms with Crippen LogP contribution in [0, 0.1) is 10.1 Å². The van der Waals surface area contributed by atoms with Gasteiger partial charge in [-0.3, -0.25) is 10.1 Å². The summed E-state index contributed by atoms with van der Waals surface area (Å²) in [6.45, 7) is 0.114. The van der Waals surface area contributed by atoms with Gasteiger partial charge in [-0.15, -0.1) is 0 Å². The third kappa shape index (κ3) is 4.56. The normalized spacial score (nSPS) is 10.8. The highest BCUT2D eigenvalue weighted by atomic mass is 79.9. The monoisotopic (exact) mass is 393 g/mol. The highest BCUT2D eigenvalue weighted by molar-refractivity contribution is 9.10. The first-order chi connectivity index (χ1) is 11.5. The van der Waals surface area contributed by atoms with E-state index in [0.29, 0.717) is 11.5 Å². The van der Waals surface area contributed by atoms with Crippen molar-refractivity contribution in [1.29, 1.82) is 0 Å². The quantitative estimate of drug-likeness (QED) is 0.299. The van der Waals surface area contributed by atoms with Crippen molar-refractivity contribution >= 4 is 33.8 Å². The lowest BCUT2D eigenvalue weighted by Crippen LogP contribution is -2.01. The summed E-state index contributed by atoms with van der Waals surface area (Å²) in [6.07, 6.45) is 3.70. The van der Waals surface area contributed by atoms with Crippen LogP contribution in [0.15, 0.2) is 40.9 Å². The first kappa shape index (κ1) is 18.0. The maximum Gasteiger partial charge on any atom is 0.269 e. The molecule has 0 aliphatic carbocycles. The minimum Gasteiger partial charge on any atom is -0.495 e. The predicted molar refractivity (Wildman–Crippen MR) is 95.2 cm³/mol. The van der Waals surface area contributed by atoms with Crippen molar-refractivity contribution in [3.8, 4) is 11.5 Å². The molecular weight excluding hydrogens is 378 g/mol. The molecule has 0 aromatic heterocycles. The molecule has 2 aromatic rings. The predicted octanol–water partition coefficient (Wildman–Crippen LogP) is 4.52. The Morgan fingerprint density at radius 3 is 2.42 bits per heavy atom. The van der Waals surface area contributed by atoms with Crippen LogP contribution < -0.4 is 9.47 Å². The first-order valence-corrected chi connectivity index (χ1v) is 7.76. The molecule has 0 bridgehead atoms. The van der Waals surface area contributed by atoms with E-state index in [9.17, 15) is 10.1 Å². The van der Waals surface area contributed by atoms with Gasteiger partial charge in [-0.1, -0.05) is 12.2 Å². The molecule has 2 rings (SSSR count). The maximum atomic E-state index is 10.7. The van der Waals surface area contributed by atoms with Gasteiger partial charge in [0, 0.05) is 30.9 Å². The van der Waals surface area contributed by atoms with Crippen molar-refractivity contribution in [3.63, 3.8) is 0 Å². The number of rotatable bonds is 7. The third-order valence-corrected chi connectivity index (χ3v) is 3.80. The number of nitro groups is 1. The second-order valence-electron chi connectivity index (χ2n) is 4.76.